The third-order valence-corrected chi connectivity index (χ3v) is 10.6. The van der Waals surface area contributed by atoms with E-state index in [1.807, 2.05) is 42.5 Å². The second-order valence-corrected chi connectivity index (χ2v) is 13.5. The van der Waals surface area contributed by atoms with Crippen molar-refractivity contribution in [2.75, 3.05) is 0 Å². The molecule has 0 fully saturated rings. The molecule has 0 atom stereocenters. The standard InChI is InChI=1S/C47H25N3O2/c1-2-12-29-26(10-1)22-23-40-43(29)44-35(18-9-21-39(44)52-40)47-49-45(28-24-27-11-7-16-32-30-13-3-4-14-31(30)36(25-28)41(27)32)48-46(50-47)34-17-8-20-38-42(34)33-15-5-6-19-37(33)51-38/h1-25H. The fourth-order valence-corrected chi connectivity index (χ4v) is 8.43. The first-order valence-corrected chi connectivity index (χ1v) is 17.4. The highest BCUT2D eigenvalue weighted by atomic mass is 16.3. The SMILES string of the molecule is c1ccc2c(c1)-c1cccc3cc(-c4nc(-c5cccc6oc7ccccc7c56)nc(-c5cccc6oc7ccc8ccccc8c7c56)n4)cc-2c13. The van der Waals surface area contributed by atoms with Crippen molar-refractivity contribution in [1.82, 2.24) is 15.0 Å². The van der Waals surface area contributed by atoms with Gasteiger partial charge in [0.25, 0.3) is 0 Å². The third kappa shape index (κ3) is 3.79. The number of furan rings is 2. The largest absolute Gasteiger partial charge is 0.456 e. The number of hydrogen-bond acceptors (Lipinski definition) is 5. The molecular weight excluding hydrogens is 639 g/mol. The summed E-state index contributed by atoms with van der Waals surface area (Å²) in [6.07, 6.45) is 0. The number of para-hydroxylation sites is 1. The quantitative estimate of drug-likeness (QED) is 0.188. The summed E-state index contributed by atoms with van der Waals surface area (Å²) in [6.45, 7) is 0. The minimum Gasteiger partial charge on any atom is -0.456 e. The molecule has 0 saturated heterocycles. The maximum absolute atomic E-state index is 6.48. The van der Waals surface area contributed by atoms with Crippen LogP contribution in [0.15, 0.2) is 160 Å². The summed E-state index contributed by atoms with van der Waals surface area (Å²) in [6, 6.07) is 52.6. The van der Waals surface area contributed by atoms with Crippen LogP contribution in [0.3, 0.4) is 0 Å². The van der Waals surface area contributed by atoms with E-state index in [9.17, 15) is 0 Å². The minimum absolute atomic E-state index is 0.580. The molecule has 3 aromatic heterocycles. The van der Waals surface area contributed by atoms with E-state index in [1.165, 1.54) is 27.6 Å². The van der Waals surface area contributed by atoms with E-state index in [-0.39, 0.29) is 0 Å². The van der Waals surface area contributed by atoms with Gasteiger partial charge in [0, 0.05) is 38.2 Å². The van der Waals surface area contributed by atoms with Crippen LogP contribution < -0.4 is 0 Å². The predicted octanol–water partition coefficient (Wildman–Crippen LogP) is 12.6. The lowest BCUT2D eigenvalue weighted by molar-refractivity contribution is 0.668. The van der Waals surface area contributed by atoms with E-state index < -0.39 is 0 Å². The summed E-state index contributed by atoms with van der Waals surface area (Å²) in [7, 11) is 0. The molecule has 0 unspecified atom stereocenters. The van der Waals surface area contributed by atoms with E-state index in [0.717, 1.165) is 76.7 Å². The first-order valence-electron chi connectivity index (χ1n) is 17.4. The van der Waals surface area contributed by atoms with Crippen molar-refractivity contribution in [3.8, 4) is 56.4 Å². The number of aromatic nitrogens is 3. The van der Waals surface area contributed by atoms with Crippen LogP contribution in [0.4, 0.5) is 0 Å². The van der Waals surface area contributed by atoms with Crippen molar-refractivity contribution in [3.63, 3.8) is 0 Å². The Labute approximate surface area is 296 Å². The first-order chi connectivity index (χ1) is 25.8. The van der Waals surface area contributed by atoms with Crippen molar-refractivity contribution in [2.45, 2.75) is 0 Å². The molecule has 5 heteroatoms. The predicted molar refractivity (Wildman–Crippen MR) is 210 cm³/mol. The molecule has 5 nitrogen and oxygen atoms in total. The van der Waals surface area contributed by atoms with Crippen molar-refractivity contribution in [1.29, 1.82) is 0 Å². The summed E-state index contributed by atoms with van der Waals surface area (Å²) in [5, 5.41) is 8.74. The molecule has 11 aromatic rings. The van der Waals surface area contributed by atoms with Gasteiger partial charge >= 0.3 is 0 Å². The van der Waals surface area contributed by atoms with Crippen LogP contribution in [0.25, 0.3) is 122 Å². The Morgan fingerprint density at radius 1 is 0.308 bits per heavy atom. The normalized spacial score (nSPS) is 12.2. The minimum atomic E-state index is 0.580. The van der Waals surface area contributed by atoms with Crippen LogP contribution in [0.1, 0.15) is 0 Å². The average molecular weight is 664 g/mol. The van der Waals surface area contributed by atoms with Crippen molar-refractivity contribution < 1.29 is 8.83 Å². The van der Waals surface area contributed by atoms with Crippen LogP contribution in [0, 0.1) is 0 Å². The molecule has 0 amide bonds. The third-order valence-electron chi connectivity index (χ3n) is 10.6. The summed E-state index contributed by atoms with van der Waals surface area (Å²) >= 11 is 0. The molecule has 52 heavy (non-hydrogen) atoms. The van der Waals surface area contributed by atoms with Crippen LogP contribution in [-0.4, -0.2) is 15.0 Å². The molecular formula is C47H25N3O2. The highest BCUT2D eigenvalue weighted by molar-refractivity contribution is 6.22. The summed E-state index contributed by atoms with van der Waals surface area (Å²) < 4.78 is 12.8. The lowest BCUT2D eigenvalue weighted by Gasteiger charge is -2.12. The monoisotopic (exact) mass is 663 g/mol. The molecule has 0 aliphatic heterocycles. The molecule has 1 aliphatic carbocycles. The van der Waals surface area contributed by atoms with Crippen molar-refractivity contribution in [3.05, 3.63) is 152 Å². The summed E-state index contributed by atoms with van der Waals surface area (Å²) in [5.74, 6) is 1.77. The Hall–Kier alpha value is -7.11. The number of nitrogens with zero attached hydrogens (tertiary/aromatic N) is 3. The highest BCUT2D eigenvalue weighted by Crippen LogP contribution is 2.49. The fraction of sp³-hybridized carbons (Fsp3) is 0. The van der Waals surface area contributed by atoms with Gasteiger partial charge in [0.2, 0.25) is 0 Å². The smallest absolute Gasteiger partial charge is 0.164 e. The van der Waals surface area contributed by atoms with Gasteiger partial charge in [0.15, 0.2) is 17.5 Å². The highest BCUT2D eigenvalue weighted by Gasteiger charge is 2.24. The molecule has 240 valence electrons. The second-order valence-electron chi connectivity index (χ2n) is 13.5. The lowest BCUT2D eigenvalue weighted by Crippen LogP contribution is -2.01. The fourth-order valence-electron chi connectivity index (χ4n) is 8.43. The Kier molecular flexibility index (Phi) is 5.44. The maximum atomic E-state index is 6.48. The number of fused-ring (bicyclic) bond motifs is 11. The van der Waals surface area contributed by atoms with E-state index in [2.05, 4.69) is 109 Å². The second kappa shape index (κ2) is 10.2. The molecule has 1 aliphatic rings. The molecule has 0 radical (unpaired) electrons. The van der Waals surface area contributed by atoms with E-state index in [0.29, 0.717) is 17.5 Å². The van der Waals surface area contributed by atoms with Crippen molar-refractivity contribution in [2.24, 2.45) is 0 Å². The molecule has 0 spiro atoms. The zero-order valence-corrected chi connectivity index (χ0v) is 27.6. The van der Waals surface area contributed by atoms with Crippen LogP contribution in [-0.2, 0) is 0 Å². The summed E-state index contributed by atoms with van der Waals surface area (Å²) in [5.41, 5.74) is 10.9. The topological polar surface area (TPSA) is 65.0 Å². The van der Waals surface area contributed by atoms with Gasteiger partial charge in [-0.2, -0.15) is 0 Å². The molecule has 0 saturated carbocycles. The molecule has 8 aromatic carbocycles. The van der Waals surface area contributed by atoms with E-state index in [1.54, 1.807) is 0 Å². The van der Waals surface area contributed by atoms with Crippen LogP contribution in [0.5, 0.6) is 0 Å². The summed E-state index contributed by atoms with van der Waals surface area (Å²) in [4.78, 5) is 15.9. The average Bonchev–Trinajstić information content (AvgIpc) is 3.88. The first kappa shape index (κ1) is 27.7. The van der Waals surface area contributed by atoms with Gasteiger partial charge in [-0.05, 0) is 80.2 Å². The molecule has 12 rings (SSSR count). The van der Waals surface area contributed by atoms with E-state index in [4.69, 9.17) is 23.8 Å². The number of rotatable bonds is 3. The zero-order valence-electron chi connectivity index (χ0n) is 27.6. The number of benzene rings is 8. The Balaban J connectivity index is 1.18. The van der Waals surface area contributed by atoms with E-state index >= 15 is 0 Å². The van der Waals surface area contributed by atoms with Gasteiger partial charge in [-0.1, -0.05) is 115 Å². The number of hydrogen-bond donors (Lipinski definition) is 0. The van der Waals surface area contributed by atoms with Gasteiger partial charge in [0.05, 0.1) is 0 Å². The van der Waals surface area contributed by atoms with Crippen LogP contribution >= 0.6 is 0 Å². The van der Waals surface area contributed by atoms with Crippen molar-refractivity contribution >= 4 is 65.4 Å². The van der Waals surface area contributed by atoms with Gasteiger partial charge in [-0.3, -0.25) is 0 Å². The lowest BCUT2D eigenvalue weighted by atomic mass is 9.99. The molecule has 0 bridgehead atoms. The van der Waals surface area contributed by atoms with Gasteiger partial charge < -0.3 is 8.83 Å². The molecule has 0 N–H and O–H groups in total. The zero-order chi connectivity index (χ0) is 33.9. The van der Waals surface area contributed by atoms with Gasteiger partial charge in [-0.25, -0.2) is 15.0 Å². The molecule has 3 heterocycles. The van der Waals surface area contributed by atoms with Gasteiger partial charge in [0.1, 0.15) is 22.3 Å². The maximum Gasteiger partial charge on any atom is 0.164 e. The van der Waals surface area contributed by atoms with Crippen LogP contribution in [0.2, 0.25) is 0 Å². The Bertz CT molecular complexity index is 3320. The Morgan fingerprint density at radius 2 is 0.865 bits per heavy atom. The Morgan fingerprint density at radius 3 is 1.71 bits per heavy atom. The van der Waals surface area contributed by atoms with Gasteiger partial charge in [-0.15, -0.1) is 0 Å².